The van der Waals surface area contributed by atoms with Gasteiger partial charge in [-0.3, -0.25) is 9.59 Å². The predicted molar refractivity (Wildman–Crippen MR) is 117 cm³/mol. The molecule has 3 N–H and O–H groups in total. The zero-order chi connectivity index (χ0) is 21.4. The van der Waals surface area contributed by atoms with E-state index in [1.54, 1.807) is 24.3 Å². The van der Waals surface area contributed by atoms with Gasteiger partial charge in [0.15, 0.2) is 0 Å². The van der Waals surface area contributed by atoms with Crippen LogP contribution in [0.4, 0.5) is 0 Å². The molecular weight excluding hydrogens is 386 g/mol. The highest BCUT2D eigenvalue weighted by Crippen LogP contribution is 2.12. The van der Waals surface area contributed by atoms with Gasteiger partial charge in [0.2, 0.25) is 5.91 Å². The minimum absolute atomic E-state index is 0.173. The summed E-state index contributed by atoms with van der Waals surface area (Å²) in [6.07, 6.45) is 0.564. The Hall–Kier alpha value is -2.37. The smallest absolute Gasteiger partial charge is 0.251 e. The van der Waals surface area contributed by atoms with Gasteiger partial charge < -0.3 is 15.5 Å². The minimum atomic E-state index is -0.593. The van der Waals surface area contributed by atoms with Crippen molar-refractivity contribution in [3.63, 3.8) is 0 Å². The molecule has 0 heterocycles. The Bertz CT molecular complexity index is 819. The highest BCUT2D eigenvalue weighted by Gasteiger charge is 2.22. The van der Waals surface area contributed by atoms with Crippen molar-refractivity contribution in [2.75, 3.05) is 14.1 Å². The van der Waals surface area contributed by atoms with Crippen molar-refractivity contribution in [2.24, 2.45) is 5.92 Å². The van der Waals surface area contributed by atoms with E-state index in [2.05, 4.69) is 30.8 Å². The standard InChI is InChI=1S/C23H30ClN3O2/c1-16(2)13-21(26-22(28)17-9-11-20(24)12-10-17)23(29)25-14-18-7-5-6-8-19(18)15-27(3)4/h5-12,16,21H,13-15H2,1-4H3,(H,25,29)(H,26,28)/p+1/t21-/m1/s1. The van der Waals surface area contributed by atoms with Crippen molar-refractivity contribution < 1.29 is 14.5 Å². The molecule has 156 valence electrons. The number of nitrogens with one attached hydrogen (secondary N) is 3. The number of quaternary nitrogens is 1. The first-order valence-electron chi connectivity index (χ1n) is 9.96. The number of carbonyl (C=O) groups excluding carboxylic acids is 2. The van der Waals surface area contributed by atoms with Crippen molar-refractivity contribution in [3.05, 3.63) is 70.2 Å². The molecule has 5 nitrogen and oxygen atoms in total. The quantitative estimate of drug-likeness (QED) is 0.588. The molecule has 0 aliphatic carbocycles. The van der Waals surface area contributed by atoms with E-state index in [4.69, 9.17) is 11.6 Å². The molecule has 1 atom stereocenters. The topological polar surface area (TPSA) is 62.6 Å². The second kappa shape index (κ2) is 11.0. The van der Waals surface area contributed by atoms with Gasteiger partial charge in [-0.2, -0.15) is 0 Å². The van der Waals surface area contributed by atoms with Crippen LogP contribution in [-0.4, -0.2) is 32.0 Å². The molecule has 0 aromatic heterocycles. The maximum atomic E-state index is 12.9. The van der Waals surface area contributed by atoms with Gasteiger partial charge in [-0.25, -0.2) is 0 Å². The SMILES string of the molecule is CC(C)C[C@@H](NC(=O)c1ccc(Cl)cc1)C(=O)NCc1ccccc1C[NH+](C)C. The molecule has 2 aromatic carbocycles. The molecule has 2 amide bonds. The molecule has 0 spiro atoms. The highest BCUT2D eigenvalue weighted by molar-refractivity contribution is 6.30. The molecule has 0 aliphatic heterocycles. The van der Waals surface area contributed by atoms with Crippen molar-refractivity contribution in [3.8, 4) is 0 Å². The molecule has 0 fully saturated rings. The summed E-state index contributed by atoms with van der Waals surface area (Å²) in [6, 6.07) is 14.1. The number of halogens is 1. The third-order valence-corrected chi connectivity index (χ3v) is 4.80. The van der Waals surface area contributed by atoms with Gasteiger partial charge in [0, 0.05) is 22.7 Å². The van der Waals surface area contributed by atoms with E-state index in [1.807, 2.05) is 32.0 Å². The maximum absolute atomic E-state index is 12.9. The van der Waals surface area contributed by atoms with Crippen LogP contribution in [0.5, 0.6) is 0 Å². The second-order valence-corrected chi connectivity index (χ2v) is 8.47. The van der Waals surface area contributed by atoms with Crippen LogP contribution in [0.2, 0.25) is 5.02 Å². The Morgan fingerprint density at radius 2 is 1.62 bits per heavy atom. The van der Waals surface area contributed by atoms with Gasteiger partial charge in [0.1, 0.15) is 12.6 Å². The lowest BCUT2D eigenvalue weighted by molar-refractivity contribution is -0.872. The first-order chi connectivity index (χ1) is 13.8. The maximum Gasteiger partial charge on any atom is 0.251 e. The molecule has 2 aromatic rings. The molecule has 6 heteroatoms. The number of hydrogen-bond donors (Lipinski definition) is 3. The van der Waals surface area contributed by atoms with Crippen LogP contribution in [0.1, 0.15) is 41.8 Å². The lowest BCUT2D eigenvalue weighted by Crippen LogP contribution is -3.04. The molecule has 0 unspecified atom stereocenters. The summed E-state index contributed by atoms with van der Waals surface area (Å²) in [5.74, 6) is -0.187. The van der Waals surface area contributed by atoms with Crippen molar-refractivity contribution in [1.29, 1.82) is 0 Å². The number of amides is 2. The Kier molecular flexibility index (Phi) is 8.68. The van der Waals surface area contributed by atoms with Gasteiger partial charge in [0.25, 0.3) is 5.91 Å². The van der Waals surface area contributed by atoms with Crippen LogP contribution in [-0.2, 0) is 17.9 Å². The van der Waals surface area contributed by atoms with Crippen molar-refractivity contribution in [1.82, 2.24) is 10.6 Å². The van der Waals surface area contributed by atoms with Gasteiger partial charge in [-0.1, -0.05) is 49.7 Å². The molecular formula is C23H31ClN3O2+. The van der Waals surface area contributed by atoms with Crippen LogP contribution in [0, 0.1) is 5.92 Å². The summed E-state index contributed by atoms with van der Waals surface area (Å²) in [5.41, 5.74) is 2.78. The molecule has 0 aliphatic rings. The lowest BCUT2D eigenvalue weighted by Gasteiger charge is -2.21. The normalized spacial score (nSPS) is 12.1. The summed E-state index contributed by atoms with van der Waals surface area (Å²) < 4.78 is 0. The third-order valence-electron chi connectivity index (χ3n) is 4.55. The van der Waals surface area contributed by atoms with Crippen LogP contribution >= 0.6 is 11.6 Å². The molecule has 29 heavy (non-hydrogen) atoms. The molecule has 0 saturated heterocycles. The average molecular weight is 417 g/mol. The Morgan fingerprint density at radius 3 is 2.21 bits per heavy atom. The number of benzene rings is 2. The van der Waals surface area contributed by atoms with Crippen LogP contribution < -0.4 is 15.5 Å². The largest absolute Gasteiger partial charge is 0.350 e. The van der Waals surface area contributed by atoms with Gasteiger partial charge in [0.05, 0.1) is 14.1 Å². The fraction of sp³-hybridized carbons (Fsp3) is 0.391. The van der Waals surface area contributed by atoms with Gasteiger partial charge in [-0.05, 0) is 42.2 Å². The minimum Gasteiger partial charge on any atom is -0.350 e. The number of rotatable bonds is 9. The molecule has 0 radical (unpaired) electrons. The third kappa shape index (κ3) is 7.52. The van der Waals surface area contributed by atoms with E-state index in [0.29, 0.717) is 23.6 Å². The Morgan fingerprint density at radius 1 is 1.00 bits per heavy atom. The Balaban J connectivity index is 2.05. The van der Waals surface area contributed by atoms with E-state index in [9.17, 15) is 9.59 Å². The fourth-order valence-corrected chi connectivity index (χ4v) is 3.26. The second-order valence-electron chi connectivity index (χ2n) is 8.03. The first kappa shape index (κ1) is 22.9. The zero-order valence-corrected chi connectivity index (χ0v) is 18.3. The van der Waals surface area contributed by atoms with E-state index >= 15 is 0 Å². The van der Waals surface area contributed by atoms with E-state index < -0.39 is 6.04 Å². The predicted octanol–water partition coefficient (Wildman–Crippen LogP) is 2.45. The summed E-state index contributed by atoms with van der Waals surface area (Å²) >= 11 is 5.89. The van der Waals surface area contributed by atoms with Gasteiger partial charge >= 0.3 is 0 Å². The van der Waals surface area contributed by atoms with E-state index in [0.717, 1.165) is 12.1 Å². The van der Waals surface area contributed by atoms with Crippen LogP contribution in [0.3, 0.4) is 0 Å². The molecule has 0 bridgehead atoms. The van der Waals surface area contributed by atoms with Crippen LogP contribution in [0.25, 0.3) is 0 Å². The monoisotopic (exact) mass is 416 g/mol. The molecule has 0 saturated carbocycles. The summed E-state index contributed by atoms with van der Waals surface area (Å²) in [5, 5.41) is 6.43. The zero-order valence-electron chi connectivity index (χ0n) is 17.6. The summed E-state index contributed by atoms with van der Waals surface area (Å²) in [6.45, 7) is 5.39. The van der Waals surface area contributed by atoms with E-state index in [-0.39, 0.29) is 17.7 Å². The van der Waals surface area contributed by atoms with Gasteiger partial charge in [-0.15, -0.1) is 0 Å². The fourth-order valence-electron chi connectivity index (χ4n) is 3.13. The number of hydrogen-bond acceptors (Lipinski definition) is 2. The summed E-state index contributed by atoms with van der Waals surface area (Å²) in [4.78, 5) is 26.7. The average Bonchev–Trinajstić information content (AvgIpc) is 2.66. The summed E-state index contributed by atoms with van der Waals surface area (Å²) in [7, 11) is 4.20. The molecule has 2 rings (SSSR count). The van der Waals surface area contributed by atoms with E-state index in [1.165, 1.54) is 10.5 Å². The van der Waals surface area contributed by atoms with Crippen molar-refractivity contribution >= 4 is 23.4 Å². The van der Waals surface area contributed by atoms with Crippen molar-refractivity contribution in [2.45, 2.75) is 39.4 Å². The lowest BCUT2D eigenvalue weighted by atomic mass is 10.0. The van der Waals surface area contributed by atoms with Crippen LogP contribution in [0.15, 0.2) is 48.5 Å². The Labute approximate surface area is 178 Å². The highest BCUT2D eigenvalue weighted by atomic mass is 35.5. The first-order valence-corrected chi connectivity index (χ1v) is 10.3. The number of carbonyl (C=O) groups is 2.